The summed E-state index contributed by atoms with van der Waals surface area (Å²) < 4.78 is 37.5. The maximum Gasteiger partial charge on any atom is 0.416 e. The number of benzene rings is 1. The highest BCUT2D eigenvalue weighted by atomic mass is 79.9. The van der Waals surface area contributed by atoms with Crippen molar-refractivity contribution in [3.63, 3.8) is 0 Å². The third-order valence-electron chi connectivity index (χ3n) is 3.84. The molecule has 20 heavy (non-hydrogen) atoms. The van der Waals surface area contributed by atoms with E-state index in [9.17, 15) is 13.2 Å². The van der Waals surface area contributed by atoms with Crippen molar-refractivity contribution in [1.29, 1.82) is 0 Å². The van der Waals surface area contributed by atoms with E-state index in [4.69, 9.17) is 0 Å². The average molecular weight is 350 g/mol. The zero-order valence-electron chi connectivity index (χ0n) is 11.3. The summed E-state index contributed by atoms with van der Waals surface area (Å²) in [5, 5.41) is 1.01. The molecular formula is C15H19BrF3N. The van der Waals surface area contributed by atoms with Crippen LogP contribution < -0.4 is 0 Å². The first-order valence-corrected chi connectivity index (χ1v) is 8.09. The largest absolute Gasteiger partial charge is 0.416 e. The van der Waals surface area contributed by atoms with Crippen LogP contribution in [-0.2, 0) is 12.7 Å². The van der Waals surface area contributed by atoms with Crippen molar-refractivity contribution in [2.45, 2.75) is 44.4 Å². The average Bonchev–Trinajstić information content (AvgIpc) is 2.83. The Morgan fingerprint density at radius 2 is 1.90 bits per heavy atom. The molecule has 1 aliphatic rings. The summed E-state index contributed by atoms with van der Waals surface area (Å²) in [5.74, 6) is 0. The second-order valence-electron chi connectivity index (χ2n) is 5.29. The molecule has 1 heterocycles. The summed E-state index contributed by atoms with van der Waals surface area (Å²) in [6, 6.07) is 6.14. The Kier molecular flexibility index (Phi) is 5.49. The van der Waals surface area contributed by atoms with Crippen LogP contribution >= 0.6 is 15.9 Å². The van der Waals surface area contributed by atoms with Crippen molar-refractivity contribution in [3.8, 4) is 0 Å². The van der Waals surface area contributed by atoms with E-state index >= 15 is 0 Å². The van der Waals surface area contributed by atoms with Gasteiger partial charge in [-0.3, -0.25) is 4.90 Å². The molecule has 5 heteroatoms. The fraction of sp³-hybridized carbons (Fsp3) is 0.600. The molecular weight excluding hydrogens is 331 g/mol. The fourth-order valence-corrected chi connectivity index (χ4v) is 3.10. The van der Waals surface area contributed by atoms with E-state index in [0.717, 1.165) is 36.8 Å². The lowest BCUT2D eigenvalue weighted by molar-refractivity contribution is -0.137. The van der Waals surface area contributed by atoms with Gasteiger partial charge in [-0.2, -0.15) is 13.2 Å². The molecule has 0 radical (unpaired) electrons. The standard InChI is InChI=1S/C15H19BrF3N/c16-9-1-3-14-4-2-10-20(14)11-12-5-7-13(8-6-12)15(17,18)19/h5-8,14H,1-4,9-11H2. The van der Waals surface area contributed by atoms with Gasteiger partial charge in [0.05, 0.1) is 5.56 Å². The van der Waals surface area contributed by atoms with E-state index in [0.29, 0.717) is 6.04 Å². The van der Waals surface area contributed by atoms with Gasteiger partial charge in [-0.05, 0) is 49.9 Å². The second-order valence-corrected chi connectivity index (χ2v) is 6.09. The SMILES string of the molecule is FC(F)(F)c1ccc(CN2CCCC2CCCBr)cc1. The molecule has 1 saturated heterocycles. The lowest BCUT2D eigenvalue weighted by Gasteiger charge is -2.24. The number of halogens is 4. The molecule has 1 unspecified atom stereocenters. The molecule has 1 aliphatic heterocycles. The van der Waals surface area contributed by atoms with Gasteiger partial charge in [-0.1, -0.05) is 28.1 Å². The fourth-order valence-electron chi connectivity index (χ4n) is 2.78. The first-order valence-electron chi connectivity index (χ1n) is 6.97. The Bertz CT molecular complexity index is 416. The summed E-state index contributed by atoms with van der Waals surface area (Å²) in [7, 11) is 0. The molecule has 0 saturated carbocycles. The zero-order valence-corrected chi connectivity index (χ0v) is 12.9. The second kappa shape index (κ2) is 6.94. The highest BCUT2D eigenvalue weighted by Gasteiger charge is 2.30. The molecule has 0 aliphatic carbocycles. The molecule has 1 aromatic rings. The number of hydrogen-bond acceptors (Lipinski definition) is 1. The van der Waals surface area contributed by atoms with E-state index in [1.807, 2.05) is 0 Å². The monoisotopic (exact) mass is 349 g/mol. The van der Waals surface area contributed by atoms with Gasteiger partial charge in [-0.15, -0.1) is 0 Å². The van der Waals surface area contributed by atoms with Crippen LogP contribution in [0.1, 0.15) is 36.8 Å². The molecule has 0 N–H and O–H groups in total. The minimum atomic E-state index is -4.25. The van der Waals surface area contributed by atoms with Crippen LogP contribution in [0.25, 0.3) is 0 Å². The van der Waals surface area contributed by atoms with Crippen LogP contribution in [0.2, 0.25) is 0 Å². The van der Waals surface area contributed by atoms with Crippen LogP contribution in [0, 0.1) is 0 Å². The van der Waals surface area contributed by atoms with Crippen molar-refractivity contribution < 1.29 is 13.2 Å². The van der Waals surface area contributed by atoms with E-state index in [1.54, 1.807) is 12.1 Å². The number of nitrogens with zero attached hydrogens (tertiary/aromatic N) is 1. The maximum atomic E-state index is 12.5. The molecule has 0 amide bonds. The van der Waals surface area contributed by atoms with Gasteiger partial charge >= 0.3 is 6.18 Å². The van der Waals surface area contributed by atoms with Crippen molar-refractivity contribution in [3.05, 3.63) is 35.4 Å². The third kappa shape index (κ3) is 4.22. The Morgan fingerprint density at radius 3 is 2.50 bits per heavy atom. The Balaban J connectivity index is 1.95. The van der Waals surface area contributed by atoms with Crippen molar-refractivity contribution in [2.24, 2.45) is 0 Å². The number of likely N-dealkylation sites (tertiary alicyclic amines) is 1. The normalized spacial score (nSPS) is 20.5. The van der Waals surface area contributed by atoms with Crippen LogP contribution in [0.4, 0.5) is 13.2 Å². The zero-order chi connectivity index (χ0) is 14.6. The van der Waals surface area contributed by atoms with E-state index < -0.39 is 11.7 Å². The van der Waals surface area contributed by atoms with Gasteiger partial charge in [0.1, 0.15) is 0 Å². The van der Waals surface area contributed by atoms with E-state index in [2.05, 4.69) is 20.8 Å². The summed E-state index contributed by atoms with van der Waals surface area (Å²) in [4.78, 5) is 2.39. The molecule has 2 rings (SSSR count). The number of rotatable bonds is 5. The Hall–Kier alpha value is -0.550. The smallest absolute Gasteiger partial charge is 0.296 e. The molecule has 1 fully saturated rings. The number of hydrogen-bond donors (Lipinski definition) is 0. The maximum absolute atomic E-state index is 12.5. The third-order valence-corrected chi connectivity index (χ3v) is 4.40. The van der Waals surface area contributed by atoms with Crippen LogP contribution in [-0.4, -0.2) is 22.8 Å². The van der Waals surface area contributed by atoms with Crippen LogP contribution in [0.15, 0.2) is 24.3 Å². The van der Waals surface area contributed by atoms with Crippen LogP contribution in [0.3, 0.4) is 0 Å². The molecule has 0 aromatic heterocycles. The molecule has 1 atom stereocenters. The van der Waals surface area contributed by atoms with Crippen molar-refractivity contribution >= 4 is 15.9 Å². The summed E-state index contributed by atoms with van der Waals surface area (Å²) >= 11 is 3.44. The Labute approximate surface area is 126 Å². The molecule has 1 nitrogen and oxygen atoms in total. The first-order chi connectivity index (χ1) is 9.50. The highest BCUT2D eigenvalue weighted by Crippen LogP contribution is 2.30. The lowest BCUT2D eigenvalue weighted by Crippen LogP contribution is -2.28. The molecule has 112 valence electrons. The summed E-state index contributed by atoms with van der Waals surface area (Å²) in [6.45, 7) is 1.80. The first kappa shape index (κ1) is 15.8. The van der Waals surface area contributed by atoms with Gasteiger partial charge < -0.3 is 0 Å². The molecule has 0 spiro atoms. The van der Waals surface area contributed by atoms with Crippen molar-refractivity contribution in [1.82, 2.24) is 4.90 Å². The summed E-state index contributed by atoms with van der Waals surface area (Å²) in [6.07, 6.45) is 0.450. The molecule has 0 bridgehead atoms. The van der Waals surface area contributed by atoms with Gasteiger partial charge in [0.25, 0.3) is 0 Å². The number of alkyl halides is 4. The predicted molar refractivity (Wildman–Crippen MR) is 77.9 cm³/mol. The van der Waals surface area contributed by atoms with Gasteiger partial charge in [0.2, 0.25) is 0 Å². The van der Waals surface area contributed by atoms with Gasteiger partial charge in [-0.25, -0.2) is 0 Å². The quantitative estimate of drug-likeness (QED) is 0.687. The highest BCUT2D eigenvalue weighted by molar-refractivity contribution is 9.09. The lowest BCUT2D eigenvalue weighted by atomic mass is 10.1. The minimum Gasteiger partial charge on any atom is -0.296 e. The van der Waals surface area contributed by atoms with Crippen LogP contribution in [0.5, 0.6) is 0 Å². The van der Waals surface area contributed by atoms with E-state index in [-0.39, 0.29) is 0 Å². The van der Waals surface area contributed by atoms with Gasteiger partial charge in [0, 0.05) is 17.9 Å². The predicted octanol–water partition coefficient (Wildman–Crippen LogP) is 4.84. The summed E-state index contributed by atoms with van der Waals surface area (Å²) in [5.41, 5.74) is 0.391. The Morgan fingerprint density at radius 1 is 1.20 bits per heavy atom. The van der Waals surface area contributed by atoms with E-state index in [1.165, 1.54) is 25.0 Å². The molecule has 1 aromatic carbocycles. The minimum absolute atomic E-state index is 0.571. The van der Waals surface area contributed by atoms with Crippen molar-refractivity contribution in [2.75, 3.05) is 11.9 Å². The van der Waals surface area contributed by atoms with Gasteiger partial charge in [0.15, 0.2) is 0 Å². The topological polar surface area (TPSA) is 3.24 Å².